The molecule has 1 amide bonds. The van der Waals surface area contributed by atoms with E-state index in [-0.39, 0.29) is 41.0 Å². The lowest BCUT2D eigenvalue weighted by Crippen LogP contribution is -2.54. The van der Waals surface area contributed by atoms with Crippen molar-refractivity contribution in [1.29, 1.82) is 0 Å². The Kier molecular flexibility index (Phi) is 6.75. The fourth-order valence-corrected chi connectivity index (χ4v) is 6.23. The predicted molar refractivity (Wildman–Crippen MR) is 129 cm³/mol. The number of likely N-dealkylation sites (tertiary alicyclic amines) is 1. The smallest absolute Gasteiger partial charge is 0.255 e. The first-order valence-corrected chi connectivity index (χ1v) is 12.0. The van der Waals surface area contributed by atoms with Gasteiger partial charge in [-0.2, -0.15) is 0 Å². The molecule has 3 aliphatic carbocycles. The highest BCUT2D eigenvalue weighted by Gasteiger charge is 2.54. The number of rotatable bonds is 5. The monoisotopic (exact) mass is 483 g/mol. The van der Waals surface area contributed by atoms with Gasteiger partial charge in [0.2, 0.25) is 0 Å². The molecular formula is C26H33N3O6. The summed E-state index contributed by atoms with van der Waals surface area (Å²) in [6.45, 7) is 4.77. The summed E-state index contributed by atoms with van der Waals surface area (Å²) < 4.78 is 0. The molecule has 2 fully saturated rings. The largest absolute Gasteiger partial charge is 0.510 e. The fraction of sp³-hybridized carbons (Fsp3) is 0.500. The summed E-state index contributed by atoms with van der Waals surface area (Å²) in [5, 5.41) is 32.4. The minimum Gasteiger partial charge on any atom is -0.510 e. The van der Waals surface area contributed by atoms with Crippen molar-refractivity contribution in [2.24, 2.45) is 29.2 Å². The molecule has 0 aromatic heterocycles. The summed E-state index contributed by atoms with van der Waals surface area (Å²) in [5.74, 6) is -6.05. The first-order chi connectivity index (χ1) is 16.6. The molecule has 0 bridgehead atoms. The van der Waals surface area contributed by atoms with E-state index in [1.807, 2.05) is 7.05 Å². The van der Waals surface area contributed by atoms with Crippen LogP contribution in [0.5, 0.6) is 0 Å². The zero-order valence-electron chi connectivity index (χ0n) is 19.9. The van der Waals surface area contributed by atoms with Crippen molar-refractivity contribution in [2.45, 2.75) is 50.6 Å². The average molecular weight is 484 g/mol. The van der Waals surface area contributed by atoms with Gasteiger partial charge in [-0.15, -0.1) is 6.58 Å². The van der Waals surface area contributed by atoms with E-state index in [1.165, 1.54) is 0 Å². The molecule has 4 unspecified atom stereocenters. The van der Waals surface area contributed by atoms with E-state index in [0.29, 0.717) is 19.3 Å². The second-order valence-corrected chi connectivity index (χ2v) is 9.97. The van der Waals surface area contributed by atoms with E-state index in [4.69, 9.17) is 11.5 Å². The maximum absolute atomic E-state index is 13.5. The van der Waals surface area contributed by atoms with Crippen LogP contribution in [0.4, 0.5) is 0 Å². The molecule has 0 aromatic carbocycles. The molecule has 9 heteroatoms. The van der Waals surface area contributed by atoms with Crippen molar-refractivity contribution in [2.75, 3.05) is 13.6 Å². The highest BCUT2D eigenvalue weighted by molar-refractivity contribution is 6.27. The van der Waals surface area contributed by atoms with Gasteiger partial charge in [0, 0.05) is 17.2 Å². The number of carbonyl (C=O) groups excluding carboxylic acids is 3. The van der Waals surface area contributed by atoms with Crippen molar-refractivity contribution < 1.29 is 29.7 Å². The third kappa shape index (κ3) is 4.12. The van der Waals surface area contributed by atoms with Crippen LogP contribution in [0.3, 0.4) is 0 Å². The van der Waals surface area contributed by atoms with Crippen molar-refractivity contribution in [3.8, 4) is 0 Å². The van der Waals surface area contributed by atoms with Crippen molar-refractivity contribution >= 4 is 17.5 Å². The van der Waals surface area contributed by atoms with Crippen molar-refractivity contribution in [3.05, 3.63) is 58.3 Å². The Labute approximate surface area is 204 Å². The maximum Gasteiger partial charge on any atom is 0.255 e. The number of nitrogens with two attached hydrogens (primary N) is 2. The lowest BCUT2D eigenvalue weighted by molar-refractivity contribution is -0.135. The molecule has 5 atom stereocenters. The molecule has 9 nitrogen and oxygen atoms in total. The molecule has 0 aromatic rings. The maximum atomic E-state index is 13.5. The van der Waals surface area contributed by atoms with E-state index >= 15 is 0 Å². The number of hydrogen-bond donors (Lipinski definition) is 5. The Morgan fingerprint density at radius 2 is 1.94 bits per heavy atom. The molecule has 35 heavy (non-hydrogen) atoms. The van der Waals surface area contributed by atoms with Crippen LogP contribution < -0.4 is 11.5 Å². The number of allylic oxidation sites excluding steroid dienone is 4. The quantitative estimate of drug-likeness (QED) is 0.171. The number of likely N-dealkylation sites (N-methyl/N-ethyl adjacent to an activating group) is 1. The Bertz CT molecular complexity index is 1110. The van der Waals surface area contributed by atoms with E-state index in [0.717, 1.165) is 25.0 Å². The van der Waals surface area contributed by atoms with Gasteiger partial charge in [-0.3, -0.25) is 19.3 Å². The molecule has 7 N–H and O–H groups in total. The van der Waals surface area contributed by atoms with Gasteiger partial charge >= 0.3 is 0 Å². The number of ketones is 2. The number of aliphatic hydroxyl groups is 3. The Hall–Kier alpha value is -3.17. The van der Waals surface area contributed by atoms with E-state index < -0.39 is 46.7 Å². The van der Waals surface area contributed by atoms with Gasteiger partial charge in [0.05, 0.1) is 12.0 Å². The van der Waals surface area contributed by atoms with Crippen LogP contribution in [0.1, 0.15) is 38.5 Å². The number of nitrogens with zero attached hydrogens (tertiary/aromatic N) is 1. The van der Waals surface area contributed by atoms with Crippen LogP contribution >= 0.6 is 0 Å². The number of hydrogen-bond acceptors (Lipinski definition) is 8. The van der Waals surface area contributed by atoms with Crippen LogP contribution in [-0.2, 0) is 14.4 Å². The summed E-state index contributed by atoms with van der Waals surface area (Å²) in [5.41, 5.74) is 12.0. The SMILES string of the molecule is C=CC/C(=C\C(O)=C1/CCC2CC3C(C(=O)C(C(N)=O)=C(O)[C@H]3N)C(=O)C2=C1O)C1CCCN1C. The number of carbonyl (C=O) groups is 3. The predicted octanol–water partition coefficient (Wildman–Crippen LogP) is 2.03. The number of fused-ring (bicyclic) bond motifs is 2. The minimum atomic E-state index is -1.31. The second kappa shape index (κ2) is 9.47. The number of Topliss-reactive ketones (excluding diaryl/α,β-unsaturated/α-hetero) is 2. The summed E-state index contributed by atoms with van der Waals surface area (Å²) in [6.07, 6.45) is 7.11. The normalized spacial score (nSPS) is 33.5. The van der Waals surface area contributed by atoms with Crippen LogP contribution in [0, 0.1) is 17.8 Å². The second-order valence-electron chi connectivity index (χ2n) is 9.97. The van der Waals surface area contributed by atoms with E-state index in [2.05, 4.69) is 11.5 Å². The highest BCUT2D eigenvalue weighted by Crippen LogP contribution is 2.48. The molecule has 188 valence electrons. The standard InChI is InChI=1S/C26H33N3O6/c1-3-5-12(16-6-4-9-29(16)2)11-17(30)14-8-7-13-10-15-19(23(32)18(13)22(14)31)24(33)20(26(28)35)25(34)21(15)27/h3,11,13,15-16,19,21,30-31,34H,1,4-10,27H2,2H3,(H2,28,35)/b12-11+,17-14-/t13?,15?,16?,19?,21-/m0/s1. The average Bonchev–Trinajstić information content (AvgIpc) is 3.22. The molecule has 1 aliphatic heterocycles. The van der Waals surface area contributed by atoms with Crippen LogP contribution in [-0.4, -0.2) is 63.4 Å². The number of aliphatic hydroxyl groups excluding tert-OH is 3. The van der Waals surface area contributed by atoms with Gasteiger partial charge in [0.15, 0.2) is 11.6 Å². The van der Waals surface area contributed by atoms with Crippen molar-refractivity contribution in [3.63, 3.8) is 0 Å². The molecule has 1 saturated carbocycles. The minimum absolute atomic E-state index is 0.0708. The molecule has 0 spiro atoms. The first kappa shape index (κ1) is 24.9. The number of primary amides is 1. The van der Waals surface area contributed by atoms with Crippen LogP contribution in [0.15, 0.2) is 58.3 Å². The molecule has 1 saturated heterocycles. The third-order valence-electron chi connectivity index (χ3n) is 7.99. The number of amides is 1. The topological polar surface area (TPSA) is 167 Å². The van der Waals surface area contributed by atoms with E-state index in [1.54, 1.807) is 12.2 Å². The van der Waals surface area contributed by atoms with Gasteiger partial charge in [-0.05, 0) is 75.6 Å². The first-order valence-electron chi connectivity index (χ1n) is 12.0. The van der Waals surface area contributed by atoms with Gasteiger partial charge < -0.3 is 26.8 Å². The van der Waals surface area contributed by atoms with Crippen LogP contribution in [0.25, 0.3) is 0 Å². The molecular weight excluding hydrogens is 450 g/mol. The van der Waals surface area contributed by atoms with Gasteiger partial charge in [-0.1, -0.05) is 6.08 Å². The molecule has 4 rings (SSSR count). The van der Waals surface area contributed by atoms with Crippen LogP contribution in [0.2, 0.25) is 0 Å². The van der Waals surface area contributed by atoms with Crippen molar-refractivity contribution in [1.82, 2.24) is 4.90 Å². The summed E-state index contributed by atoms with van der Waals surface area (Å²) >= 11 is 0. The highest BCUT2D eigenvalue weighted by atomic mass is 16.3. The van der Waals surface area contributed by atoms with E-state index in [9.17, 15) is 29.7 Å². The fourth-order valence-electron chi connectivity index (χ4n) is 6.23. The van der Waals surface area contributed by atoms with Gasteiger partial charge in [-0.25, -0.2) is 0 Å². The molecule has 4 aliphatic rings. The lowest BCUT2D eigenvalue weighted by atomic mass is 9.60. The zero-order valence-corrected chi connectivity index (χ0v) is 19.9. The Morgan fingerprint density at radius 1 is 1.23 bits per heavy atom. The zero-order chi connectivity index (χ0) is 25.6. The van der Waals surface area contributed by atoms with Gasteiger partial charge in [0.25, 0.3) is 5.91 Å². The Balaban J connectivity index is 1.74. The summed E-state index contributed by atoms with van der Waals surface area (Å²) in [7, 11) is 2.03. The summed E-state index contributed by atoms with van der Waals surface area (Å²) in [6, 6.07) is -0.919. The summed E-state index contributed by atoms with van der Waals surface area (Å²) in [4.78, 5) is 40.5. The van der Waals surface area contributed by atoms with Gasteiger partial charge in [0.1, 0.15) is 22.9 Å². The lowest BCUT2D eigenvalue weighted by Gasteiger charge is -2.43. The Morgan fingerprint density at radius 3 is 2.54 bits per heavy atom. The molecule has 0 radical (unpaired) electrons. The third-order valence-corrected chi connectivity index (χ3v) is 7.99. The molecule has 1 heterocycles.